The fourth-order valence-electron chi connectivity index (χ4n) is 2.00. The Hall–Kier alpha value is -2.41. The number of carbonyl (C=O) groups excluding carboxylic acids is 1. The van der Waals surface area contributed by atoms with E-state index >= 15 is 0 Å². The van der Waals surface area contributed by atoms with Gasteiger partial charge in [0, 0.05) is 18.1 Å². The van der Waals surface area contributed by atoms with Gasteiger partial charge in [0.15, 0.2) is 0 Å². The first-order chi connectivity index (χ1) is 10.1. The molecule has 0 aliphatic heterocycles. The second-order valence-corrected chi connectivity index (χ2v) is 5.10. The van der Waals surface area contributed by atoms with Crippen molar-refractivity contribution in [2.75, 3.05) is 5.32 Å². The second kappa shape index (κ2) is 5.53. The second-order valence-electron chi connectivity index (χ2n) is 4.59. The van der Waals surface area contributed by atoms with E-state index < -0.39 is 5.25 Å². The van der Waals surface area contributed by atoms with Gasteiger partial charge in [0.25, 0.3) is 0 Å². The predicted octanol–water partition coefficient (Wildman–Crippen LogP) is 2.27. The van der Waals surface area contributed by atoms with Gasteiger partial charge in [0.1, 0.15) is 11.1 Å². The molecule has 0 aliphatic carbocycles. The van der Waals surface area contributed by atoms with E-state index in [4.69, 9.17) is 0 Å². The van der Waals surface area contributed by atoms with E-state index in [1.165, 1.54) is 0 Å². The monoisotopic (exact) mass is 299 g/mol. The SMILES string of the molecule is Cc1cc2[nH]cnc2cc1NC(=O)C(S)c1ncccn1. The van der Waals surface area contributed by atoms with Gasteiger partial charge in [-0.1, -0.05) is 0 Å². The molecule has 1 unspecified atom stereocenters. The van der Waals surface area contributed by atoms with Gasteiger partial charge in [-0.2, -0.15) is 12.6 Å². The van der Waals surface area contributed by atoms with Crippen molar-refractivity contribution in [1.82, 2.24) is 19.9 Å². The normalized spacial score (nSPS) is 12.3. The van der Waals surface area contributed by atoms with Crippen LogP contribution < -0.4 is 5.32 Å². The Labute approximate surface area is 126 Å². The molecule has 0 saturated heterocycles. The van der Waals surface area contributed by atoms with E-state index in [9.17, 15) is 4.79 Å². The van der Waals surface area contributed by atoms with Crippen molar-refractivity contribution in [2.45, 2.75) is 12.2 Å². The van der Waals surface area contributed by atoms with Crippen molar-refractivity contribution in [3.8, 4) is 0 Å². The van der Waals surface area contributed by atoms with Crippen molar-refractivity contribution in [1.29, 1.82) is 0 Å². The number of anilines is 1. The number of H-pyrrole nitrogens is 1. The maximum Gasteiger partial charge on any atom is 0.245 e. The first-order valence-electron chi connectivity index (χ1n) is 6.35. The van der Waals surface area contributed by atoms with E-state index in [-0.39, 0.29) is 5.91 Å². The summed E-state index contributed by atoms with van der Waals surface area (Å²) < 4.78 is 0. The van der Waals surface area contributed by atoms with Crippen molar-refractivity contribution >= 4 is 35.3 Å². The van der Waals surface area contributed by atoms with Gasteiger partial charge in [-0.3, -0.25) is 4.79 Å². The highest BCUT2D eigenvalue weighted by molar-refractivity contribution is 7.81. The van der Waals surface area contributed by atoms with Crippen LogP contribution in [0.5, 0.6) is 0 Å². The van der Waals surface area contributed by atoms with Gasteiger partial charge in [-0.05, 0) is 30.7 Å². The molecule has 0 fully saturated rings. The van der Waals surface area contributed by atoms with Crippen molar-refractivity contribution in [2.24, 2.45) is 0 Å². The van der Waals surface area contributed by atoms with Crippen LogP contribution in [0, 0.1) is 6.92 Å². The molecule has 106 valence electrons. The predicted molar refractivity (Wildman–Crippen MR) is 83.2 cm³/mol. The van der Waals surface area contributed by atoms with Crippen molar-refractivity contribution in [3.63, 3.8) is 0 Å². The number of nitrogens with zero attached hydrogens (tertiary/aromatic N) is 3. The fourth-order valence-corrected chi connectivity index (χ4v) is 2.19. The molecule has 2 N–H and O–H groups in total. The minimum absolute atomic E-state index is 0.275. The highest BCUT2D eigenvalue weighted by atomic mass is 32.1. The lowest BCUT2D eigenvalue weighted by molar-refractivity contribution is -0.115. The largest absolute Gasteiger partial charge is 0.345 e. The number of amides is 1. The Morgan fingerprint density at radius 1 is 1.29 bits per heavy atom. The van der Waals surface area contributed by atoms with Gasteiger partial charge in [-0.15, -0.1) is 0 Å². The summed E-state index contributed by atoms with van der Waals surface area (Å²) in [4.78, 5) is 27.5. The first-order valence-corrected chi connectivity index (χ1v) is 6.86. The average Bonchev–Trinajstić information content (AvgIpc) is 2.94. The van der Waals surface area contributed by atoms with E-state index in [2.05, 4.69) is 37.9 Å². The molecule has 0 bridgehead atoms. The minimum atomic E-state index is -0.722. The number of nitrogens with one attached hydrogen (secondary N) is 2. The molecular formula is C14H13N5OS. The fraction of sp³-hybridized carbons (Fsp3) is 0.143. The number of aryl methyl sites for hydroxylation is 1. The van der Waals surface area contributed by atoms with Gasteiger partial charge >= 0.3 is 0 Å². The number of aromatic nitrogens is 4. The van der Waals surface area contributed by atoms with E-state index in [0.29, 0.717) is 11.5 Å². The maximum atomic E-state index is 12.2. The summed E-state index contributed by atoms with van der Waals surface area (Å²) in [6.45, 7) is 1.92. The van der Waals surface area contributed by atoms with Crippen LogP contribution in [0.3, 0.4) is 0 Å². The molecule has 6 nitrogen and oxygen atoms in total. The van der Waals surface area contributed by atoms with Crippen LogP contribution in [-0.4, -0.2) is 25.8 Å². The lowest BCUT2D eigenvalue weighted by Gasteiger charge is -2.12. The van der Waals surface area contributed by atoms with E-state index in [0.717, 1.165) is 16.6 Å². The van der Waals surface area contributed by atoms with Crippen LogP contribution in [0.25, 0.3) is 11.0 Å². The Bertz CT molecular complexity index is 786. The molecule has 0 aliphatic rings. The summed E-state index contributed by atoms with van der Waals surface area (Å²) in [6, 6.07) is 5.45. The molecule has 2 aromatic heterocycles. The maximum absolute atomic E-state index is 12.2. The first kappa shape index (κ1) is 13.6. The number of imidazole rings is 1. The average molecular weight is 299 g/mol. The van der Waals surface area contributed by atoms with Gasteiger partial charge in [0.05, 0.1) is 17.4 Å². The number of hydrogen-bond acceptors (Lipinski definition) is 5. The molecule has 1 amide bonds. The molecule has 2 heterocycles. The van der Waals surface area contributed by atoms with Crippen LogP contribution in [0.15, 0.2) is 36.9 Å². The Kier molecular flexibility index (Phi) is 3.57. The summed E-state index contributed by atoms with van der Waals surface area (Å²) in [5.74, 6) is 0.0966. The minimum Gasteiger partial charge on any atom is -0.345 e. The number of aromatic amines is 1. The number of rotatable bonds is 3. The molecule has 21 heavy (non-hydrogen) atoms. The number of fused-ring (bicyclic) bond motifs is 1. The molecule has 1 aromatic carbocycles. The number of hydrogen-bond donors (Lipinski definition) is 3. The van der Waals surface area contributed by atoms with Crippen molar-refractivity contribution < 1.29 is 4.79 Å². The summed E-state index contributed by atoms with van der Waals surface area (Å²) in [5.41, 5.74) is 3.37. The zero-order valence-corrected chi connectivity index (χ0v) is 12.1. The molecule has 7 heteroatoms. The topological polar surface area (TPSA) is 83.6 Å². The molecule has 3 rings (SSSR count). The Balaban J connectivity index is 1.84. The summed E-state index contributed by atoms with van der Waals surface area (Å²) in [6.07, 6.45) is 4.79. The molecular weight excluding hydrogens is 286 g/mol. The van der Waals surface area contributed by atoms with E-state index in [1.54, 1.807) is 24.8 Å². The Morgan fingerprint density at radius 2 is 2.05 bits per heavy atom. The summed E-state index contributed by atoms with van der Waals surface area (Å²) in [5, 5.41) is 2.12. The zero-order valence-electron chi connectivity index (χ0n) is 11.2. The molecule has 1 atom stereocenters. The highest BCUT2D eigenvalue weighted by Gasteiger charge is 2.19. The van der Waals surface area contributed by atoms with Crippen LogP contribution >= 0.6 is 12.6 Å². The van der Waals surface area contributed by atoms with E-state index in [1.807, 2.05) is 19.1 Å². The third-order valence-corrected chi connectivity index (χ3v) is 3.57. The molecule has 3 aromatic rings. The molecule has 0 radical (unpaired) electrons. The van der Waals surface area contributed by atoms with Gasteiger partial charge in [0.2, 0.25) is 5.91 Å². The van der Waals surface area contributed by atoms with Gasteiger partial charge < -0.3 is 10.3 Å². The quantitative estimate of drug-likeness (QED) is 0.648. The number of benzene rings is 1. The molecule has 0 saturated carbocycles. The van der Waals surface area contributed by atoms with Crippen LogP contribution in [0.1, 0.15) is 16.6 Å². The third kappa shape index (κ3) is 2.73. The lowest BCUT2D eigenvalue weighted by Crippen LogP contribution is -2.19. The van der Waals surface area contributed by atoms with Crippen molar-refractivity contribution in [3.05, 3.63) is 48.3 Å². The highest BCUT2D eigenvalue weighted by Crippen LogP contribution is 2.24. The standard InChI is InChI=1S/C14H13N5OS/c1-8-5-10-11(18-7-17-10)6-9(8)19-14(20)12(21)13-15-3-2-4-16-13/h2-7,12,21H,1H3,(H,17,18)(H,19,20). The van der Waals surface area contributed by atoms with Gasteiger partial charge in [-0.25, -0.2) is 15.0 Å². The van der Waals surface area contributed by atoms with Crippen LogP contribution in [0.4, 0.5) is 5.69 Å². The third-order valence-electron chi connectivity index (χ3n) is 3.10. The molecule has 0 spiro atoms. The van der Waals surface area contributed by atoms with Crippen LogP contribution in [0.2, 0.25) is 0 Å². The van der Waals surface area contributed by atoms with Crippen LogP contribution in [-0.2, 0) is 4.79 Å². The number of thiol groups is 1. The summed E-state index contributed by atoms with van der Waals surface area (Å²) in [7, 11) is 0. The lowest BCUT2D eigenvalue weighted by atomic mass is 10.1. The summed E-state index contributed by atoms with van der Waals surface area (Å²) >= 11 is 4.28. The number of carbonyl (C=O) groups is 1. The smallest absolute Gasteiger partial charge is 0.245 e. The Morgan fingerprint density at radius 3 is 2.81 bits per heavy atom. The zero-order chi connectivity index (χ0) is 14.8.